The number of rotatable bonds is 3. The van der Waals surface area contributed by atoms with Crippen molar-refractivity contribution < 1.29 is 9.47 Å². The van der Waals surface area contributed by atoms with Crippen LogP contribution in [0.2, 0.25) is 0 Å². The molecule has 0 bridgehead atoms. The minimum absolute atomic E-state index is 0.315. The molecule has 1 aromatic heterocycles. The largest absolute Gasteiger partial charge is 0.454 e. The Morgan fingerprint density at radius 3 is 3.14 bits per heavy atom. The zero-order valence-corrected chi connectivity index (χ0v) is 12.8. The molecule has 0 fully saturated rings. The van der Waals surface area contributed by atoms with Crippen LogP contribution < -0.4 is 14.8 Å². The van der Waals surface area contributed by atoms with Crippen molar-refractivity contribution in [3.63, 3.8) is 0 Å². The first-order chi connectivity index (χ1) is 10.3. The first-order valence-corrected chi connectivity index (χ1v) is 8.30. The van der Waals surface area contributed by atoms with Crippen LogP contribution >= 0.6 is 11.3 Å². The Bertz CT molecular complexity index is 668. The van der Waals surface area contributed by atoms with Crippen LogP contribution in [0.15, 0.2) is 18.2 Å². The van der Waals surface area contributed by atoms with Gasteiger partial charge in [0.05, 0.1) is 5.69 Å². The summed E-state index contributed by atoms with van der Waals surface area (Å²) in [6.45, 7) is 3.48. The normalized spacial score (nSPS) is 19.6. The van der Waals surface area contributed by atoms with Crippen LogP contribution in [0.4, 0.5) is 0 Å². The fourth-order valence-electron chi connectivity index (χ4n) is 3.01. The second kappa shape index (κ2) is 5.31. The molecule has 2 aliphatic rings. The second-order valence-corrected chi connectivity index (χ2v) is 6.43. The van der Waals surface area contributed by atoms with Gasteiger partial charge in [-0.3, -0.25) is 0 Å². The molecule has 21 heavy (non-hydrogen) atoms. The summed E-state index contributed by atoms with van der Waals surface area (Å²) in [5.74, 6) is 1.65. The number of nitrogens with one attached hydrogen (secondary N) is 1. The molecule has 1 aromatic carbocycles. The number of thiazole rings is 1. The van der Waals surface area contributed by atoms with Crippen molar-refractivity contribution in [1.29, 1.82) is 0 Å². The summed E-state index contributed by atoms with van der Waals surface area (Å²) >= 11 is 1.81. The van der Waals surface area contributed by atoms with Gasteiger partial charge in [0.25, 0.3) is 0 Å². The van der Waals surface area contributed by atoms with E-state index in [2.05, 4.69) is 18.3 Å². The summed E-state index contributed by atoms with van der Waals surface area (Å²) in [7, 11) is 0. The third-order valence-corrected chi connectivity index (χ3v) is 5.28. The van der Waals surface area contributed by atoms with E-state index >= 15 is 0 Å². The summed E-state index contributed by atoms with van der Waals surface area (Å²) < 4.78 is 10.8. The van der Waals surface area contributed by atoms with Gasteiger partial charge >= 0.3 is 0 Å². The molecule has 2 heterocycles. The Hall–Kier alpha value is -1.59. The van der Waals surface area contributed by atoms with Gasteiger partial charge in [0.2, 0.25) is 6.79 Å². The zero-order chi connectivity index (χ0) is 14.2. The van der Waals surface area contributed by atoms with E-state index in [0.29, 0.717) is 12.8 Å². The van der Waals surface area contributed by atoms with Crippen LogP contribution in [0.5, 0.6) is 11.5 Å². The van der Waals surface area contributed by atoms with Crippen molar-refractivity contribution in [2.75, 3.05) is 13.3 Å². The number of fused-ring (bicyclic) bond motifs is 2. The fraction of sp³-hybridized carbons (Fsp3) is 0.438. The molecule has 4 rings (SSSR count). The van der Waals surface area contributed by atoms with Gasteiger partial charge in [-0.1, -0.05) is 6.92 Å². The summed E-state index contributed by atoms with van der Waals surface area (Å²) in [5.41, 5.74) is 2.39. The number of aryl methyl sites for hydroxylation is 1. The molecule has 0 saturated carbocycles. The second-order valence-electron chi connectivity index (χ2n) is 5.40. The molecule has 0 spiro atoms. The Morgan fingerprint density at radius 2 is 2.24 bits per heavy atom. The van der Waals surface area contributed by atoms with E-state index in [0.717, 1.165) is 35.0 Å². The van der Waals surface area contributed by atoms with Crippen LogP contribution in [-0.2, 0) is 6.42 Å². The summed E-state index contributed by atoms with van der Waals surface area (Å²) in [6.07, 6.45) is 3.52. The molecule has 1 aliphatic carbocycles. The third-order valence-electron chi connectivity index (χ3n) is 4.02. The summed E-state index contributed by atoms with van der Waals surface area (Å²) in [6, 6.07) is 6.55. The highest BCUT2D eigenvalue weighted by atomic mass is 32.1. The molecule has 0 amide bonds. The smallest absolute Gasteiger partial charge is 0.231 e. The van der Waals surface area contributed by atoms with Gasteiger partial charge in [-0.25, -0.2) is 4.98 Å². The minimum atomic E-state index is 0.315. The number of benzene rings is 1. The molecular formula is C16H18N2O2S. The monoisotopic (exact) mass is 302 g/mol. The molecule has 5 heteroatoms. The Kier molecular flexibility index (Phi) is 3.31. The third kappa shape index (κ3) is 2.30. The number of hydrogen-bond acceptors (Lipinski definition) is 5. The highest BCUT2D eigenvalue weighted by Crippen LogP contribution is 2.41. The van der Waals surface area contributed by atoms with Gasteiger partial charge in [0.15, 0.2) is 11.5 Å². The van der Waals surface area contributed by atoms with E-state index < -0.39 is 0 Å². The van der Waals surface area contributed by atoms with Gasteiger partial charge in [-0.05, 0) is 44.0 Å². The Morgan fingerprint density at radius 1 is 1.33 bits per heavy atom. The standard InChI is InChI=1S/C16H18N2O2S/c1-2-17-11-4-3-5-12-15(11)21-16(18-12)10-6-7-13-14(8-10)20-9-19-13/h6-8,11,17H,2-5,9H2,1H3. The van der Waals surface area contributed by atoms with Crippen molar-refractivity contribution in [3.8, 4) is 22.1 Å². The number of hydrogen-bond donors (Lipinski definition) is 1. The van der Waals surface area contributed by atoms with Gasteiger partial charge in [-0.15, -0.1) is 11.3 Å². The van der Waals surface area contributed by atoms with E-state index in [1.54, 1.807) is 0 Å². The van der Waals surface area contributed by atoms with Crippen LogP contribution in [0.1, 0.15) is 36.4 Å². The van der Waals surface area contributed by atoms with E-state index in [-0.39, 0.29) is 0 Å². The van der Waals surface area contributed by atoms with Crippen molar-refractivity contribution in [3.05, 3.63) is 28.8 Å². The maximum Gasteiger partial charge on any atom is 0.231 e. The maximum absolute atomic E-state index is 5.46. The van der Waals surface area contributed by atoms with Crippen LogP contribution in [0, 0.1) is 0 Å². The van der Waals surface area contributed by atoms with Gasteiger partial charge in [0, 0.05) is 16.5 Å². The average Bonchev–Trinajstić information content (AvgIpc) is 3.13. The number of ether oxygens (including phenoxy) is 2. The fourth-order valence-corrected chi connectivity index (χ4v) is 4.23. The van der Waals surface area contributed by atoms with Crippen molar-refractivity contribution >= 4 is 11.3 Å². The molecule has 1 N–H and O–H groups in total. The lowest BCUT2D eigenvalue weighted by Crippen LogP contribution is -2.23. The molecule has 0 radical (unpaired) electrons. The van der Waals surface area contributed by atoms with Gasteiger partial charge in [0.1, 0.15) is 5.01 Å². The van der Waals surface area contributed by atoms with Crippen molar-refractivity contribution in [2.45, 2.75) is 32.2 Å². The predicted octanol–water partition coefficient (Wildman–Crippen LogP) is 3.53. The zero-order valence-electron chi connectivity index (χ0n) is 12.0. The van der Waals surface area contributed by atoms with E-state index in [1.165, 1.54) is 23.4 Å². The first-order valence-electron chi connectivity index (χ1n) is 7.48. The van der Waals surface area contributed by atoms with Crippen LogP contribution in [-0.4, -0.2) is 18.3 Å². The lowest BCUT2D eigenvalue weighted by Gasteiger charge is -2.21. The Balaban J connectivity index is 1.70. The highest BCUT2D eigenvalue weighted by molar-refractivity contribution is 7.15. The van der Waals surface area contributed by atoms with Crippen molar-refractivity contribution in [2.24, 2.45) is 0 Å². The lowest BCUT2D eigenvalue weighted by atomic mass is 9.98. The lowest BCUT2D eigenvalue weighted by molar-refractivity contribution is 0.174. The van der Waals surface area contributed by atoms with Gasteiger partial charge < -0.3 is 14.8 Å². The SMILES string of the molecule is CCNC1CCCc2nc(-c3ccc4c(c3)OCO4)sc21. The predicted molar refractivity (Wildman–Crippen MR) is 83.0 cm³/mol. The van der Waals surface area contributed by atoms with E-state index in [4.69, 9.17) is 14.5 Å². The van der Waals surface area contributed by atoms with Gasteiger partial charge in [-0.2, -0.15) is 0 Å². The quantitative estimate of drug-likeness (QED) is 0.942. The molecule has 110 valence electrons. The topological polar surface area (TPSA) is 43.4 Å². The maximum atomic E-state index is 5.46. The van der Waals surface area contributed by atoms with Crippen molar-refractivity contribution in [1.82, 2.24) is 10.3 Å². The minimum Gasteiger partial charge on any atom is -0.454 e. The number of nitrogens with zero attached hydrogens (tertiary/aromatic N) is 1. The van der Waals surface area contributed by atoms with Crippen LogP contribution in [0.25, 0.3) is 10.6 Å². The molecule has 1 aliphatic heterocycles. The first kappa shape index (κ1) is 13.1. The van der Waals surface area contributed by atoms with E-state index in [1.807, 2.05) is 23.5 Å². The average molecular weight is 302 g/mol. The summed E-state index contributed by atoms with van der Waals surface area (Å²) in [4.78, 5) is 6.27. The summed E-state index contributed by atoms with van der Waals surface area (Å²) in [5, 5.41) is 4.66. The molecular weight excluding hydrogens is 284 g/mol. The molecule has 1 atom stereocenters. The molecule has 0 saturated heterocycles. The molecule has 2 aromatic rings. The van der Waals surface area contributed by atoms with E-state index in [9.17, 15) is 0 Å². The molecule has 4 nitrogen and oxygen atoms in total. The highest BCUT2D eigenvalue weighted by Gasteiger charge is 2.25. The Labute approximate surface area is 128 Å². The van der Waals surface area contributed by atoms with Crippen LogP contribution in [0.3, 0.4) is 0 Å². The number of aromatic nitrogens is 1. The molecule has 1 unspecified atom stereocenters.